The number of hydrogen-bond acceptors (Lipinski definition) is 8. The first-order valence-corrected chi connectivity index (χ1v) is 14.5. The molecule has 0 radical (unpaired) electrons. The van der Waals surface area contributed by atoms with Crippen LogP contribution in [0.5, 0.6) is 11.5 Å². The standard InChI is InChI=1S/C30H30N2O8S/c1-38-17-16-32-27(22-6-5-9-24(20-22)40-23-7-3-2-4-8-23)26(29(34)30(32)35)28(33)21-10-12-25(13-11-21)41(36,37)31-14-18-39-19-15-31/h2-13,20,27,33H,14-19H2,1H3/t27-/m0/s1. The first-order valence-electron chi connectivity index (χ1n) is 13.1. The lowest BCUT2D eigenvalue weighted by atomic mass is 9.95. The quantitative estimate of drug-likeness (QED) is 0.232. The molecule has 0 aromatic heterocycles. The number of ether oxygens (including phenoxy) is 3. The number of methoxy groups -OCH3 is 1. The van der Waals surface area contributed by atoms with E-state index in [1.807, 2.05) is 18.2 Å². The highest BCUT2D eigenvalue weighted by Gasteiger charge is 2.46. The molecular formula is C30H30N2O8S. The molecule has 11 heteroatoms. The fourth-order valence-electron chi connectivity index (χ4n) is 4.90. The van der Waals surface area contributed by atoms with Gasteiger partial charge in [0, 0.05) is 32.3 Å². The average molecular weight is 579 g/mol. The van der Waals surface area contributed by atoms with Gasteiger partial charge in [-0.3, -0.25) is 9.59 Å². The highest BCUT2D eigenvalue weighted by Crippen LogP contribution is 2.40. The number of rotatable bonds is 9. The molecule has 2 fully saturated rings. The van der Waals surface area contributed by atoms with Gasteiger partial charge in [-0.2, -0.15) is 4.31 Å². The summed E-state index contributed by atoms with van der Waals surface area (Å²) in [7, 11) is -2.26. The lowest BCUT2D eigenvalue weighted by Gasteiger charge is -2.26. The summed E-state index contributed by atoms with van der Waals surface area (Å²) in [6, 6.07) is 20.8. The number of nitrogens with zero attached hydrogens (tertiary/aromatic N) is 2. The van der Waals surface area contributed by atoms with Crippen molar-refractivity contribution in [1.82, 2.24) is 9.21 Å². The Balaban J connectivity index is 1.52. The van der Waals surface area contributed by atoms with E-state index >= 15 is 0 Å². The zero-order chi connectivity index (χ0) is 29.0. The number of ketones is 1. The first-order chi connectivity index (χ1) is 19.8. The maximum Gasteiger partial charge on any atom is 0.295 e. The Morgan fingerprint density at radius 2 is 1.63 bits per heavy atom. The first kappa shape index (κ1) is 28.5. The normalized spacial score (nSPS) is 19.4. The predicted molar refractivity (Wildman–Crippen MR) is 150 cm³/mol. The monoisotopic (exact) mass is 578 g/mol. The van der Waals surface area contributed by atoms with E-state index in [9.17, 15) is 23.1 Å². The molecule has 5 rings (SSSR count). The second-order valence-corrected chi connectivity index (χ2v) is 11.5. The van der Waals surface area contributed by atoms with Crippen LogP contribution in [0.15, 0.2) is 89.3 Å². The summed E-state index contributed by atoms with van der Waals surface area (Å²) < 4.78 is 43.8. The number of hydrogen-bond donors (Lipinski definition) is 1. The van der Waals surface area contributed by atoms with Crippen molar-refractivity contribution in [2.45, 2.75) is 10.9 Å². The van der Waals surface area contributed by atoms with E-state index in [0.29, 0.717) is 30.3 Å². The SMILES string of the molecule is COCCN1C(=O)C(=O)C(=C(O)c2ccc(S(=O)(=O)N3CCOCC3)cc2)[C@@H]1c1cccc(Oc2ccccc2)c1. The van der Waals surface area contributed by atoms with Crippen molar-refractivity contribution in [3.63, 3.8) is 0 Å². The topological polar surface area (TPSA) is 123 Å². The van der Waals surface area contributed by atoms with Crippen LogP contribution in [-0.4, -0.2) is 81.0 Å². The molecule has 2 saturated heterocycles. The molecule has 0 aliphatic carbocycles. The molecule has 0 unspecified atom stereocenters. The van der Waals surface area contributed by atoms with E-state index in [2.05, 4.69) is 0 Å². The highest BCUT2D eigenvalue weighted by atomic mass is 32.2. The van der Waals surface area contributed by atoms with Gasteiger partial charge in [0.2, 0.25) is 10.0 Å². The number of morpholine rings is 1. The summed E-state index contributed by atoms with van der Waals surface area (Å²) in [6.07, 6.45) is 0. The molecule has 1 N–H and O–H groups in total. The summed E-state index contributed by atoms with van der Waals surface area (Å²) in [4.78, 5) is 27.8. The Morgan fingerprint density at radius 3 is 2.32 bits per heavy atom. The van der Waals surface area contributed by atoms with E-state index in [0.717, 1.165) is 0 Å². The minimum atomic E-state index is -3.75. The minimum Gasteiger partial charge on any atom is -0.507 e. The van der Waals surface area contributed by atoms with Crippen LogP contribution in [0.1, 0.15) is 17.2 Å². The zero-order valence-electron chi connectivity index (χ0n) is 22.4. The van der Waals surface area contributed by atoms with Crippen LogP contribution in [0.4, 0.5) is 0 Å². The van der Waals surface area contributed by atoms with Gasteiger partial charge in [0.05, 0.1) is 36.3 Å². The number of aliphatic hydroxyl groups is 1. The molecule has 0 spiro atoms. The van der Waals surface area contributed by atoms with E-state index in [1.165, 1.54) is 40.6 Å². The smallest absolute Gasteiger partial charge is 0.295 e. The van der Waals surface area contributed by atoms with Crippen molar-refractivity contribution < 1.29 is 37.3 Å². The maximum atomic E-state index is 13.3. The third-order valence-corrected chi connectivity index (χ3v) is 8.88. The molecular weight excluding hydrogens is 548 g/mol. The molecule has 2 aliphatic heterocycles. The molecule has 214 valence electrons. The van der Waals surface area contributed by atoms with E-state index in [4.69, 9.17) is 14.2 Å². The van der Waals surface area contributed by atoms with Gasteiger partial charge in [0.25, 0.3) is 11.7 Å². The summed E-state index contributed by atoms with van der Waals surface area (Å²) in [5.74, 6) is -0.913. The maximum absolute atomic E-state index is 13.3. The fraction of sp³-hybridized carbons (Fsp3) is 0.267. The largest absolute Gasteiger partial charge is 0.507 e. The number of Topliss-reactive ketones (excluding diaryl/α,β-unsaturated/α-hetero) is 1. The van der Waals surface area contributed by atoms with Gasteiger partial charge >= 0.3 is 0 Å². The second-order valence-electron chi connectivity index (χ2n) is 9.51. The van der Waals surface area contributed by atoms with Gasteiger partial charge in [0.15, 0.2) is 0 Å². The molecule has 2 heterocycles. The van der Waals surface area contributed by atoms with Crippen molar-refractivity contribution in [3.8, 4) is 11.5 Å². The van der Waals surface area contributed by atoms with Crippen LogP contribution in [0, 0.1) is 0 Å². The van der Waals surface area contributed by atoms with E-state index in [1.54, 1.807) is 36.4 Å². The molecule has 0 saturated carbocycles. The van der Waals surface area contributed by atoms with Gasteiger partial charge in [0.1, 0.15) is 17.3 Å². The Hall–Kier alpha value is -4.03. The van der Waals surface area contributed by atoms with Crippen molar-refractivity contribution in [3.05, 3.63) is 95.6 Å². The van der Waals surface area contributed by atoms with Crippen molar-refractivity contribution in [2.24, 2.45) is 0 Å². The Kier molecular flexibility index (Phi) is 8.50. The van der Waals surface area contributed by atoms with E-state index < -0.39 is 33.5 Å². The lowest BCUT2D eigenvalue weighted by Crippen LogP contribution is -2.40. The summed E-state index contributed by atoms with van der Waals surface area (Å²) >= 11 is 0. The summed E-state index contributed by atoms with van der Waals surface area (Å²) in [6.45, 7) is 1.43. The van der Waals surface area contributed by atoms with Gasteiger partial charge < -0.3 is 24.2 Å². The number of carbonyl (C=O) groups excluding carboxylic acids is 2. The molecule has 3 aromatic rings. The van der Waals surface area contributed by atoms with Crippen LogP contribution in [0.2, 0.25) is 0 Å². The second kappa shape index (κ2) is 12.2. The molecule has 3 aromatic carbocycles. The number of amides is 1. The molecule has 41 heavy (non-hydrogen) atoms. The fourth-order valence-corrected chi connectivity index (χ4v) is 6.30. The van der Waals surface area contributed by atoms with Crippen molar-refractivity contribution in [1.29, 1.82) is 0 Å². The third-order valence-electron chi connectivity index (χ3n) is 6.96. The van der Waals surface area contributed by atoms with Crippen LogP contribution >= 0.6 is 0 Å². The Morgan fingerprint density at radius 1 is 0.951 bits per heavy atom. The van der Waals surface area contributed by atoms with Crippen LogP contribution in [0.25, 0.3) is 5.76 Å². The number of para-hydroxylation sites is 1. The average Bonchev–Trinajstić information content (AvgIpc) is 3.26. The number of likely N-dealkylation sites (tertiary alicyclic amines) is 1. The Labute approximate surface area is 238 Å². The van der Waals surface area contributed by atoms with Gasteiger partial charge in [-0.05, 0) is 54.1 Å². The molecule has 2 aliphatic rings. The van der Waals surface area contributed by atoms with E-state index in [-0.39, 0.29) is 42.3 Å². The number of sulfonamides is 1. The highest BCUT2D eigenvalue weighted by molar-refractivity contribution is 7.89. The number of aliphatic hydroxyl groups excluding tert-OH is 1. The zero-order valence-corrected chi connectivity index (χ0v) is 23.2. The predicted octanol–water partition coefficient (Wildman–Crippen LogP) is 3.57. The number of carbonyl (C=O) groups is 2. The van der Waals surface area contributed by atoms with Gasteiger partial charge in [-0.15, -0.1) is 0 Å². The third kappa shape index (κ3) is 5.89. The summed E-state index contributed by atoms with van der Waals surface area (Å²) in [5, 5.41) is 11.4. The molecule has 0 bridgehead atoms. The number of benzene rings is 3. The molecule has 10 nitrogen and oxygen atoms in total. The van der Waals surface area contributed by atoms with Crippen LogP contribution in [0.3, 0.4) is 0 Å². The molecule has 1 atom stereocenters. The van der Waals surface area contributed by atoms with Gasteiger partial charge in [-0.1, -0.05) is 30.3 Å². The van der Waals surface area contributed by atoms with Crippen molar-refractivity contribution >= 4 is 27.5 Å². The molecule has 1 amide bonds. The Bertz CT molecular complexity index is 1550. The van der Waals surface area contributed by atoms with Crippen molar-refractivity contribution in [2.75, 3.05) is 46.6 Å². The lowest BCUT2D eigenvalue weighted by molar-refractivity contribution is -0.140. The van der Waals surface area contributed by atoms with Gasteiger partial charge in [-0.25, -0.2) is 8.42 Å². The minimum absolute atomic E-state index is 0.0545. The van der Waals surface area contributed by atoms with Crippen LogP contribution in [-0.2, 0) is 29.1 Å². The van der Waals surface area contributed by atoms with Crippen LogP contribution < -0.4 is 4.74 Å². The summed E-state index contributed by atoms with van der Waals surface area (Å²) in [5.41, 5.74) is 0.658.